The van der Waals surface area contributed by atoms with Gasteiger partial charge in [0.05, 0.1) is 23.3 Å². The van der Waals surface area contributed by atoms with Gasteiger partial charge in [0.15, 0.2) is 5.17 Å². The number of aliphatic imine (C=N–C) groups is 1. The van der Waals surface area contributed by atoms with Gasteiger partial charge in [0.1, 0.15) is 0 Å². The van der Waals surface area contributed by atoms with Gasteiger partial charge in [-0.1, -0.05) is 46.3 Å². The standard InChI is InChI=1S/C30H26BrN3O3S/c1-4-33-28(35)27(38-30(33)32-23-15-11-21(12-16-23)29(36)37-3)17-25-19(2)34(26-8-6-5-7-24(25)26)18-20-9-13-22(31)14-10-20/h5-17H,4,18H2,1-3H3/b27-17+,32-30?. The van der Waals surface area contributed by atoms with E-state index in [0.717, 1.165) is 33.2 Å². The number of ether oxygens (including phenoxy) is 1. The smallest absolute Gasteiger partial charge is 0.337 e. The first-order valence-electron chi connectivity index (χ1n) is 12.2. The summed E-state index contributed by atoms with van der Waals surface area (Å²) >= 11 is 4.88. The van der Waals surface area contributed by atoms with Crippen LogP contribution in [0.5, 0.6) is 0 Å². The van der Waals surface area contributed by atoms with E-state index < -0.39 is 5.97 Å². The first-order valence-corrected chi connectivity index (χ1v) is 13.8. The second kappa shape index (κ2) is 11.0. The van der Waals surface area contributed by atoms with E-state index in [1.165, 1.54) is 24.4 Å². The highest BCUT2D eigenvalue weighted by molar-refractivity contribution is 9.10. The van der Waals surface area contributed by atoms with Crippen molar-refractivity contribution in [2.45, 2.75) is 20.4 Å². The van der Waals surface area contributed by atoms with Gasteiger partial charge < -0.3 is 9.30 Å². The summed E-state index contributed by atoms with van der Waals surface area (Å²) in [6.07, 6.45) is 1.99. The Hall–Kier alpha value is -3.62. The van der Waals surface area contributed by atoms with Gasteiger partial charge in [-0.05, 0) is 79.7 Å². The normalized spacial score (nSPS) is 15.7. The lowest BCUT2D eigenvalue weighted by Gasteiger charge is -2.12. The second-order valence-electron chi connectivity index (χ2n) is 8.82. The monoisotopic (exact) mass is 587 g/mol. The molecule has 38 heavy (non-hydrogen) atoms. The number of amidine groups is 1. The van der Waals surface area contributed by atoms with E-state index in [1.807, 2.05) is 25.1 Å². The summed E-state index contributed by atoms with van der Waals surface area (Å²) in [7, 11) is 1.35. The topological polar surface area (TPSA) is 63.9 Å². The number of hydrogen-bond donors (Lipinski definition) is 0. The predicted octanol–water partition coefficient (Wildman–Crippen LogP) is 7.17. The Bertz CT molecular complexity index is 1590. The lowest BCUT2D eigenvalue weighted by atomic mass is 10.1. The van der Waals surface area contributed by atoms with Gasteiger partial charge in [0, 0.05) is 39.7 Å². The fraction of sp³-hybridized carbons (Fsp3) is 0.167. The summed E-state index contributed by atoms with van der Waals surface area (Å²) in [4.78, 5) is 32.2. The summed E-state index contributed by atoms with van der Waals surface area (Å²) in [5, 5.41) is 1.72. The molecule has 192 valence electrons. The molecule has 1 saturated heterocycles. The lowest BCUT2D eigenvalue weighted by molar-refractivity contribution is -0.122. The number of methoxy groups -OCH3 is 1. The third-order valence-electron chi connectivity index (χ3n) is 6.53. The van der Waals surface area contributed by atoms with Crippen LogP contribution >= 0.6 is 27.7 Å². The third kappa shape index (κ3) is 5.06. The first-order chi connectivity index (χ1) is 18.4. The summed E-state index contributed by atoms with van der Waals surface area (Å²) in [6.45, 7) is 5.28. The van der Waals surface area contributed by atoms with Crippen molar-refractivity contribution in [2.75, 3.05) is 13.7 Å². The van der Waals surface area contributed by atoms with Crippen molar-refractivity contribution < 1.29 is 14.3 Å². The van der Waals surface area contributed by atoms with Gasteiger partial charge in [-0.2, -0.15) is 0 Å². The number of halogens is 1. The first kappa shape index (κ1) is 26.0. The second-order valence-corrected chi connectivity index (χ2v) is 10.7. The largest absolute Gasteiger partial charge is 0.465 e. The van der Waals surface area contributed by atoms with Crippen molar-refractivity contribution in [1.82, 2.24) is 9.47 Å². The summed E-state index contributed by atoms with van der Waals surface area (Å²) in [5.74, 6) is -0.462. The highest BCUT2D eigenvalue weighted by Gasteiger charge is 2.32. The number of esters is 1. The number of nitrogens with zero attached hydrogens (tertiary/aromatic N) is 3. The zero-order valence-electron chi connectivity index (χ0n) is 21.3. The molecule has 0 saturated carbocycles. The maximum atomic E-state index is 13.4. The van der Waals surface area contributed by atoms with Crippen LogP contribution in [-0.4, -0.2) is 40.2 Å². The number of benzene rings is 3. The number of fused-ring (bicyclic) bond motifs is 1. The Labute approximate surface area is 234 Å². The molecule has 0 unspecified atom stereocenters. The number of aromatic nitrogens is 1. The average molecular weight is 589 g/mol. The number of likely N-dealkylation sites (N-methyl/N-ethyl adjacent to an activating group) is 1. The van der Waals surface area contributed by atoms with Crippen LogP contribution in [-0.2, 0) is 16.1 Å². The third-order valence-corrected chi connectivity index (χ3v) is 8.06. The zero-order valence-corrected chi connectivity index (χ0v) is 23.7. The molecule has 8 heteroatoms. The Morgan fingerprint density at radius 3 is 2.45 bits per heavy atom. The van der Waals surface area contributed by atoms with Crippen molar-refractivity contribution in [1.29, 1.82) is 0 Å². The molecule has 1 amide bonds. The van der Waals surface area contributed by atoms with Gasteiger partial charge >= 0.3 is 5.97 Å². The highest BCUT2D eigenvalue weighted by atomic mass is 79.9. The number of thioether (sulfide) groups is 1. The van der Waals surface area contributed by atoms with E-state index in [1.54, 1.807) is 29.2 Å². The number of rotatable bonds is 6. The molecule has 5 rings (SSSR count). The molecule has 1 aliphatic rings. The molecular weight excluding hydrogens is 562 g/mol. The maximum absolute atomic E-state index is 13.4. The van der Waals surface area contributed by atoms with Crippen molar-refractivity contribution in [2.24, 2.45) is 4.99 Å². The molecule has 0 atom stereocenters. The minimum atomic E-state index is -0.398. The van der Waals surface area contributed by atoms with Crippen LogP contribution in [0.3, 0.4) is 0 Å². The Kier molecular flexibility index (Phi) is 7.53. The summed E-state index contributed by atoms with van der Waals surface area (Å²) in [5.41, 5.74) is 5.58. The molecule has 1 fully saturated rings. The quantitative estimate of drug-likeness (QED) is 0.177. The highest BCUT2D eigenvalue weighted by Crippen LogP contribution is 2.37. The van der Waals surface area contributed by atoms with Gasteiger partial charge in [-0.25, -0.2) is 9.79 Å². The molecule has 0 bridgehead atoms. The Balaban J connectivity index is 1.51. The number of amides is 1. The molecule has 1 aliphatic heterocycles. The minimum Gasteiger partial charge on any atom is -0.465 e. The molecule has 0 radical (unpaired) electrons. The number of hydrogen-bond acceptors (Lipinski definition) is 5. The summed E-state index contributed by atoms with van der Waals surface area (Å²) < 4.78 is 8.11. The molecule has 0 spiro atoms. The van der Waals surface area contributed by atoms with Crippen molar-refractivity contribution >= 4 is 67.4 Å². The van der Waals surface area contributed by atoms with Crippen molar-refractivity contribution in [3.05, 3.63) is 105 Å². The SMILES string of the molecule is CCN1C(=O)/C(=C\c2c(C)n(Cc3ccc(Br)cc3)c3ccccc23)SC1=Nc1ccc(C(=O)OC)cc1. The molecule has 2 heterocycles. The maximum Gasteiger partial charge on any atom is 0.337 e. The van der Waals surface area contributed by atoms with Crippen LogP contribution in [0.2, 0.25) is 0 Å². The Morgan fingerprint density at radius 1 is 1.05 bits per heavy atom. The van der Waals surface area contributed by atoms with Crippen molar-refractivity contribution in [3.63, 3.8) is 0 Å². The molecule has 6 nitrogen and oxygen atoms in total. The molecule has 4 aromatic rings. The predicted molar refractivity (Wildman–Crippen MR) is 158 cm³/mol. The molecule has 1 aromatic heterocycles. The fourth-order valence-corrected chi connectivity index (χ4v) is 5.83. The number of para-hydroxylation sites is 1. The lowest BCUT2D eigenvalue weighted by Crippen LogP contribution is -2.28. The van der Waals surface area contributed by atoms with Crippen LogP contribution in [0.1, 0.15) is 34.1 Å². The minimum absolute atomic E-state index is 0.0634. The molecule has 0 N–H and O–H groups in total. The Morgan fingerprint density at radius 2 is 1.76 bits per heavy atom. The van der Waals surface area contributed by atoms with E-state index in [0.29, 0.717) is 27.9 Å². The van der Waals surface area contributed by atoms with Gasteiger partial charge in [0.25, 0.3) is 5.91 Å². The molecule has 0 aliphatic carbocycles. The van der Waals surface area contributed by atoms with Crippen LogP contribution in [0.15, 0.2) is 87.2 Å². The number of carbonyl (C=O) groups is 2. The van der Waals surface area contributed by atoms with Crippen molar-refractivity contribution in [3.8, 4) is 0 Å². The van der Waals surface area contributed by atoms with Crippen LogP contribution in [0, 0.1) is 6.92 Å². The van der Waals surface area contributed by atoms with E-state index in [2.05, 4.69) is 63.8 Å². The number of carbonyl (C=O) groups excluding carboxylic acids is 2. The van der Waals surface area contributed by atoms with E-state index in [9.17, 15) is 9.59 Å². The van der Waals surface area contributed by atoms with Gasteiger partial charge in [0.2, 0.25) is 0 Å². The van der Waals surface area contributed by atoms with Crippen LogP contribution in [0.25, 0.3) is 17.0 Å². The molecular formula is C30H26BrN3O3S. The molecule has 3 aromatic carbocycles. The van der Waals surface area contributed by atoms with E-state index in [4.69, 9.17) is 9.73 Å². The van der Waals surface area contributed by atoms with Crippen LogP contribution < -0.4 is 0 Å². The van der Waals surface area contributed by atoms with E-state index >= 15 is 0 Å². The van der Waals surface area contributed by atoms with Gasteiger partial charge in [-0.3, -0.25) is 9.69 Å². The van der Waals surface area contributed by atoms with Gasteiger partial charge in [-0.15, -0.1) is 0 Å². The summed E-state index contributed by atoms with van der Waals surface area (Å²) in [6, 6.07) is 23.5. The van der Waals surface area contributed by atoms with E-state index in [-0.39, 0.29) is 5.91 Å². The van der Waals surface area contributed by atoms with Crippen LogP contribution in [0.4, 0.5) is 5.69 Å². The zero-order chi connectivity index (χ0) is 26.8. The average Bonchev–Trinajstić information content (AvgIpc) is 3.37. The fourth-order valence-electron chi connectivity index (χ4n) is 4.52.